The van der Waals surface area contributed by atoms with Crippen LogP contribution in [0.1, 0.15) is 5.56 Å². The van der Waals surface area contributed by atoms with Crippen molar-refractivity contribution in [3.05, 3.63) is 66.7 Å². The summed E-state index contributed by atoms with van der Waals surface area (Å²) < 4.78 is 2.08. The smallest absolute Gasteiger partial charge is 0.234 e. The van der Waals surface area contributed by atoms with E-state index in [1.165, 1.54) is 17.3 Å². The minimum atomic E-state index is -0.0407. The maximum absolute atomic E-state index is 12.2. The summed E-state index contributed by atoms with van der Waals surface area (Å²) >= 11 is 1.44. The number of anilines is 1. The van der Waals surface area contributed by atoms with Crippen molar-refractivity contribution in [2.45, 2.75) is 18.6 Å². The van der Waals surface area contributed by atoms with Crippen LogP contribution in [0.3, 0.4) is 0 Å². The molecular formula is C19H19N3OS. The van der Waals surface area contributed by atoms with Crippen molar-refractivity contribution in [2.24, 2.45) is 0 Å². The SMILES string of the molecule is C=CCn1c(SCC(=O)Nc2ccc(C)cc2)nc2ccccc21. The first-order valence-corrected chi connectivity index (χ1v) is 8.71. The fourth-order valence-corrected chi connectivity index (χ4v) is 3.26. The number of aromatic nitrogens is 2. The summed E-state index contributed by atoms with van der Waals surface area (Å²) in [6.07, 6.45) is 1.84. The van der Waals surface area contributed by atoms with Gasteiger partial charge in [0, 0.05) is 12.2 Å². The molecule has 5 heteroatoms. The van der Waals surface area contributed by atoms with Gasteiger partial charge in [-0.1, -0.05) is 47.7 Å². The summed E-state index contributed by atoms with van der Waals surface area (Å²) in [7, 11) is 0. The van der Waals surface area contributed by atoms with E-state index in [4.69, 9.17) is 0 Å². The minimum Gasteiger partial charge on any atom is -0.325 e. The number of rotatable bonds is 6. The molecule has 1 amide bonds. The van der Waals surface area contributed by atoms with Gasteiger partial charge in [-0.05, 0) is 31.2 Å². The Bertz CT molecular complexity index is 868. The molecule has 0 atom stereocenters. The Morgan fingerprint density at radius 1 is 1.25 bits per heavy atom. The van der Waals surface area contributed by atoms with Gasteiger partial charge in [0.2, 0.25) is 5.91 Å². The molecule has 0 saturated carbocycles. The normalized spacial score (nSPS) is 10.7. The Hall–Kier alpha value is -2.53. The second-order valence-corrected chi connectivity index (χ2v) is 6.43. The maximum atomic E-state index is 12.2. The molecule has 0 aliphatic rings. The van der Waals surface area contributed by atoms with E-state index in [0.29, 0.717) is 12.3 Å². The Morgan fingerprint density at radius 3 is 2.75 bits per heavy atom. The number of aryl methyl sites for hydroxylation is 1. The molecule has 0 fully saturated rings. The number of thioether (sulfide) groups is 1. The molecule has 3 aromatic rings. The standard InChI is InChI=1S/C19H19N3OS/c1-3-12-22-17-7-5-4-6-16(17)21-19(22)24-13-18(23)20-15-10-8-14(2)9-11-15/h3-11H,1,12-13H2,2H3,(H,20,23). The van der Waals surface area contributed by atoms with Crippen molar-refractivity contribution in [1.29, 1.82) is 0 Å². The highest BCUT2D eigenvalue weighted by molar-refractivity contribution is 7.99. The summed E-state index contributed by atoms with van der Waals surface area (Å²) in [6.45, 7) is 6.49. The van der Waals surface area contributed by atoms with Crippen LogP contribution in [0.15, 0.2) is 66.3 Å². The molecule has 3 rings (SSSR count). The lowest BCUT2D eigenvalue weighted by Gasteiger charge is -2.07. The maximum Gasteiger partial charge on any atom is 0.234 e. The fraction of sp³-hybridized carbons (Fsp3) is 0.158. The van der Waals surface area contributed by atoms with E-state index in [-0.39, 0.29) is 5.91 Å². The van der Waals surface area contributed by atoms with Crippen LogP contribution in [0.5, 0.6) is 0 Å². The number of para-hydroxylation sites is 2. The number of nitrogens with zero attached hydrogens (tertiary/aromatic N) is 2. The van der Waals surface area contributed by atoms with Crippen LogP contribution in [0, 0.1) is 6.92 Å². The topological polar surface area (TPSA) is 46.9 Å². The summed E-state index contributed by atoms with van der Waals surface area (Å²) in [5.41, 5.74) is 3.96. The molecule has 0 radical (unpaired) electrons. The molecule has 0 unspecified atom stereocenters. The van der Waals surface area contributed by atoms with Gasteiger partial charge in [0.25, 0.3) is 0 Å². The number of nitrogens with one attached hydrogen (secondary N) is 1. The third-order valence-corrected chi connectivity index (χ3v) is 4.58. The molecule has 1 N–H and O–H groups in total. The number of hydrogen-bond donors (Lipinski definition) is 1. The lowest BCUT2D eigenvalue weighted by molar-refractivity contribution is -0.113. The van der Waals surface area contributed by atoms with E-state index in [9.17, 15) is 4.79 Å². The van der Waals surface area contributed by atoms with Crippen LogP contribution in [-0.4, -0.2) is 21.2 Å². The first kappa shape index (κ1) is 16.3. The van der Waals surface area contributed by atoms with Crippen LogP contribution in [0.4, 0.5) is 5.69 Å². The van der Waals surface area contributed by atoms with Gasteiger partial charge >= 0.3 is 0 Å². The molecule has 2 aromatic carbocycles. The van der Waals surface area contributed by atoms with Crippen molar-refractivity contribution in [3.8, 4) is 0 Å². The van der Waals surface area contributed by atoms with Crippen molar-refractivity contribution < 1.29 is 4.79 Å². The second kappa shape index (κ2) is 7.36. The largest absolute Gasteiger partial charge is 0.325 e. The van der Waals surface area contributed by atoms with Crippen LogP contribution >= 0.6 is 11.8 Å². The van der Waals surface area contributed by atoms with E-state index in [2.05, 4.69) is 21.4 Å². The van der Waals surface area contributed by atoms with Gasteiger partial charge in [-0.15, -0.1) is 6.58 Å². The number of carbonyl (C=O) groups excluding carboxylic acids is 1. The monoisotopic (exact) mass is 337 g/mol. The minimum absolute atomic E-state index is 0.0407. The lowest BCUT2D eigenvalue weighted by atomic mass is 10.2. The summed E-state index contributed by atoms with van der Waals surface area (Å²) in [4.78, 5) is 16.8. The van der Waals surface area contributed by atoms with Gasteiger partial charge in [0.1, 0.15) is 0 Å². The fourth-order valence-electron chi connectivity index (χ4n) is 2.43. The lowest BCUT2D eigenvalue weighted by Crippen LogP contribution is -2.14. The molecule has 0 bridgehead atoms. The zero-order valence-electron chi connectivity index (χ0n) is 13.5. The molecule has 4 nitrogen and oxygen atoms in total. The van der Waals surface area contributed by atoms with E-state index in [1.807, 2.05) is 61.5 Å². The number of fused-ring (bicyclic) bond motifs is 1. The highest BCUT2D eigenvalue weighted by atomic mass is 32.2. The molecule has 0 saturated heterocycles. The Kier molecular flexibility index (Phi) is 5.01. The molecule has 0 aliphatic heterocycles. The molecule has 1 heterocycles. The number of amides is 1. The van der Waals surface area contributed by atoms with Crippen molar-refractivity contribution >= 4 is 34.4 Å². The summed E-state index contributed by atoms with van der Waals surface area (Å²) in [6, 6.07) is 15.7. The first-order chi connectivity index (χ1) is 11.7. The van der Waals surface area contributed by atoms with Gasteiger partial charge in [0.05, 0.1) is 16.8 Å². The van der Waals surface area contributed by atoms with Crippen LogP contribution in [-0.2, 0) is 11.3 Å². The molecule has 0 aliphatic carbocycles. The summed E-state index contributed by atoms with van der Waals surface area (Å²) in [5, 5.41) is 3.74. The van der Waals surface area contributed by atoms with Gasteiger partial charge < -0.3 is 9.88 Å². The van der Waals surface area contributed by atoms with Crippen molar-refractivity contribution in [1.82, 2.24) is 9.55 Å². The van der Waals surface area contributed by atoms with Crippen LogP contribution in [0.25, 0.3) is 11.0 Å². The van der Waals surface area contributed by atoms with E-state index < -0.39 is 0 Å². The predicted octanol–water partition coefficient (Wildman–Crippen LogP) is 4.26. The third kappa shape index (κ3) is 3.68. The van der Waals surface area contributed by atoms with Crippen molar-refractivity contribution in [3.63, 3.8) is 0 Å². The van der Waals surface area contributed by atoms with Crippen molar-refractivity contribution in [2.75, 3.05) is 11.1 Å². The Labute approximate surface area is 145 Å². The second-order valence-electron chi connectivity index (χ2n) is 5.49. The quantitative estimate of drug-likeness (QED) is 0.540. The van der Waals surface area contributed by atoms with Crippen LogP contribution in [0.2, 0.25) is 0 Å². The molecule has 24 heavy (non-hydrogen) atoms. The highest BCUT2D eigenvalue weighted by Crippen LogP contribution is 2.24. The zero-order chi connectivity index (χ0) is 16.9. The van der Waals surface area contributed by atoms with Gasteiger partial charge in [-0.2, -0.15) is 0 Å². The Balaban J connectivity index is 1.70. The number of allylic oxidation sites excluding steroid dienone is 1. The van der Waals surface area contributed by atoms with E-state index >= 15 is 0 Å². The number of imidazole rings is 1. The van der Waals surface area contributed by atoms with Gasteiger partial charge in [0.15, 0.2) is 5.16 Å². The van der Waals surface area contributed by atoms with E-state index in [0.717, 1.165) is 21.9 Å². The van der Waals surface area contributed by atoms with Crippen LogP contribution < -0.4 is 5.32 Å². The van der Waals surface area contributed by atoms with Gasteiger partial charge in [-0.3, -0.25) is 4.79 Å². The Morgan fingerprint density at radius 2 is 2.00 bits per heavy atom. The molecule has 122 valence electrons. The highest BCUT2D eigenvalue weighted by Gasteiger charge is 2.12. The van der Waals surface area contributed by atoms with Gasteiger partial charge in [-0.25, -0.2) is 4.98 Å². The number of carbonyl (C=O) groups is 1. The zero-order valence-corrected chi connectivity index (χ0v) is 14.3. The molecule has 0 spiro atoms. The first-order valence-electron chi connectivity index (χ1n) is 7.73. The molecule has 1 aromatic heterocycles. The average Bonchev–Trinajstić information content (AvgIpc) is 2.93. The third-order valence-electron chi connectivity index (χ3n) is 3.60. The number of benzene rings is 2. The van der Waals surface area contributed by atoms with E-state index in [1.54, 1.807) is 0 Å². The predicted molar refractivity (Wildman–Crippen MR) is 100 cm³/mol. The number of hydrogen-bond acceptors (Lipinski definition) is 3. The molecular weight excluding hydrogens is 318 g/mol. The average molecular weight is 337 g/mol. The summed E-state index contributed by atoms with van der Waals surface area (Å²) in [5.74, 6) is 0.273.